The second-order valence-electron chi connectivity index (χ2n) is 5.04. The van der Waals surface area contributed by atoms with E-state index in [-0.39, 0.29) is 12.3 Å². The fraction of sp³-hybridized carbons (Fsp3) is 0.714. The van der Waals surface area contributed by atoms with Gasteiger partial charge in [0.25, 0.3) is 0 Å². The van der Waals surface area contributed by atoms with Crippen molar-refractivity contribution < 1.29 is 14.7 Å². The van der Waals surface area contributed by atoms with Gasteiger partial charge in [0, 0.05) is 19.5 Å². The summed E-state index contributed by atoms with van der Waals surface area (Å²) in [5, 5.41) is 9.43. The number of carboxylic acids is 1. The van der Waals surface area contributed by atoms with Gasteiger partial charge in [-0.25, -0.2) is 0 Å². The van der Waals surface area contributed by atoms with Crippen molar-refractivity contribution in [1.82, 2.24) is 4.90 Å². The van der Waals surface area contributed by atoms with Gasteiger partial charge in [-0.3, -0.25) is 9.59 Å². The molecule has 18 heavy (non-hydrogen) atoms. The first kappa shape index (κ1) is 14.7. The predicted molar refractivity (Wildman–Crippen MR) is 70.2 cm³/mol. The number of carbonyl (C=O) groups excluding carboxylic acids is 1. The molecule has 0 aromatic heterocycles. The number of likely N-dealkylation sites (N-methyl/N-ethyl adjacent to an activating group) is 1. The molecule has 4 nitrogen and oxygen atoms in total. The summed E-state index contributed by atoms with van der Waals surface area (Å²) in [4.78, 5) is 25.3. The van der Waals surface area contributed by atoms with Gasteiger partial charge in [0.1, 0.15) is 0 Å². The maximum absolute atomic E-state index is 12.2. The zero-order chi connectivity index (χ0) is 13.6. The average molecular weight is 253 g/mol. The number of carboxylic acid groups (broad SMARTS) is 1. The molecule has 0 aromatic carbocycles. The van der Waals surface area contributed by atoms with Crippen molar-refractivity contribution in [3.63, 3.8) is 0 Å². The quantitative estimate of drug-likeness (QED) is 0.740. The number of rotatable bonds is 6. The van der Waals surface area contributed by atoms with E-state index >= 15 is 0 Å². The van der Waals surface area contributed by atoms with Crippen LogP contribution < -0.4 is 0 Å². The molecule has 1 N–H and O–H groups in total. The molecule has 0 unspecified atom stereocenters. The van der Waals surface area contributed by atoms with E-state index in [4.69, 9.17) is 0 Å². The lowest BCUT2D eigenvalue weighted by molar-refractivity contribution is -0.155. The molecule has 0 bridgehead atoms. The van der Waals surface area contributed by atoms with Crippen LogP contribution in [0.3, 0.4) is 0 Å². The predicted octanol–water partition coefficient (Wildman–Crippen LogP) is 2.45. The van der Waals surface area contributed by atoms with Crippen molar-refractivity contribution in [3.8, 4) is 0 Å². The number of aliphatic carboxylic acids is 1. The van der Waals surface area contributed by atoms with Gasteiger partial charge in [-0.15, -0.1) is 6.58 Å². The molecule has 1 rings (SSSR count). The molecular formula is C14H23NO3. The van der Waals surface area contributed by atoms with Crippen LogP contribution >= 0.6 is 0 Å². The van der Waals surface area contributed by atoms with Crippen molar-refractivity contribution in [2.75, 3.05) is 13.1 Å². The van der Waals surface area contributed by atoms with Crippen LogP contribution in [0.4, 0.5) is 0 Å². The standard InChI is InChI=1S/C14H23NO3/c1-3-10-15(4-2)12(16)11-14(13(17)18)8-6-5-7-9-14/h3H,1,4-11H2,2H3,(H,17,18). The molecule has 102 valence electrons. The van der Waals surface area contributed by atoms with Crippen molar-refractivity contribution in [1.29, 1.82) is 0 Å². The Balaban J connectivity index is 2.74. The minimum Gasteiger partial charge on any atom is -0.481 e. The number of hydrogen-bond donors (Lipinski definition) is 1. The Morgan fingerprint density at radius 1 is 1.33 bits per heavy atom. The second kappa shape index (κ2) is 6.57. The van der Waals surface area contributed by atoms with Crippen LogP contribution in [0.1, 0.15) is 45.4 Å². The lowest BCUT2D eigenvalue weighted by Crippen LogP contribution is -2.41. The highest BCUT2D eigenvalue weighted by Crippen LogP contribution is 2.40. The summed E-state index contributed by atoms with van der Waals surface area (Å²) in [6, 6.07) is 0. The van der Waals surface area contributed by atoms with Gasteiger partial charge in [-0.05, 0) is 19.8 Å². The first-order valence-corrected chi connectivity index (χ1v) is 6.68. The Hall–Kier alpha value is -1.32. The third-order valence-corrected chi connectivity index (χ3v) is 3.84. The van der Waals surface area contributed by atoms with Crippen LogP contribution in [-0.2, 0) is 9.59 Å². The van der Waals surface area contributed by atoms with Gasteiger partial charge in [0.15, 0.2) is 0 Å². The van der Waals surface area contributed by atoms with Crippen LogP contribution in [0.25, 0.3) is 0 Å². The summed E-state index contributed by atoms with van der Waals surface area (Å²) < 4.78 is 0. The number of hydrogen-bond acceptors (Lipinski definition) is 2. The number of carbonyl (C=O) groups is 2. The molecule has 0 spiro atoms. The monoisotopic (exact) mass is 253 g/mol. The van der Waals surface area contributed by atoms with E-state index in [1.807, 2.05) is 6.92 Å². The number of nitrogens with zero attached hydrogens (tertiary/aromatic N) is 1. The summed E-state index contributed by atoms with van der Waals surface area (Å²) in [5.41, 5.74) is -0.829. The molecule has 0 aromatic rings. The molecule has 0 radical (unpaired) electrons. The highest BCUT2D eigenvalue weighted by molar-refractivity contribution is 5.85. The van der Waals surface area contributed by atoms with Crippen molar-refractivity contribution >= 4 is 11.9 Å². The van der Waals surface area contributed by atoms with Gasteiger partial charge < -0.3 is 10.0 Å². The van der Waals surface area contributed by atoms with E-state index in [2.05, 4.69) is 6.58 Å². The van der Waals surface area contributed by atoms with Crippen molar-refractivity contribution in [2.24, 2.45) is 5.41 Å². The van der Waals surface area contributed by atoms with Crippen molar-refractivity contribution in [3.05, 3.63) is 12.7 Å². The smallest absolute Gasteiger partial charge is 0.310 e. The second-order valence-corrected chi connectivity index (χ2v) is 5.04. The number of amides is 1. The molecule has 0 atom stereocenters. The fourth-order valence-electron chi connectivity index (χ4n) is 2.66. The topological polar surface area (TPSA) is 57.6 Å². The Morgan fingerprint density at radius 2 is 1.94 bits per heavy atom. The molecule has 1 aliphatic carbocycles. The molecule has 0 heterocycles. The van der Waals surface area contributed by atoms with Crippen LogP contribution in [0.2, 0.25) is 0 Å². The minimum absolute atomic E-state index is 0.0679. The molecule has 1 aliphatic rings. The first-order chi connectivity index (χ1) is 8.55. The summed E-state index contributed by atoms with van der Waals surface area (Å²) in [5.74, 6) is -0.882. The molecule has 4 heteroatoms. The Labute approximate surface area is 109 Å². The summed E-state index contributed by atoms with van der Waals surface area (Å²) in [6.07, 6.45) is 5.95. The van der Waals surface area contributed by atoms with Crippen LogP contribution in [0.5, 0.6) is 0 Å². The third-order valence-electron chi connectivity index (χ3n) is 3.84. The molecular weight excluding hydrogens is 230 g/mol. The van der Waals surface area contributed by atoms with Gasteiger partial charge >= 0.3 is 5.97 Å². The molecule has 1 saturated carbocycles. The molecule has 1 fully saturated rings. The van der Waals surface area contributed by atoms with Crippen LogP contribution in [0, 0.1) is 5.41 Å². The lowest BCUT2D eigenvalue weighted by Gasteiger charge is -2.34. The maximum atomic E-state index is 12.2. The average Bonchev–Trinajstić information content (AvgIpc) is 2.36. The van der Waals surface area contributed by atoms with Crippen LogP contribution in [0.15, 0.2) is 12.7 Å². The van der Waals surface area contributed by atoms with E-state index < -0.39 is 11.4 Å². The largest absolute Gasteiger partial charge is 0.481 e. The highest BCUT2D eigenvalue weighted by Gasteiger charge is 2.42. The zero-order valence-electron chi connectivity index (χ0n) is 11.2. The maximum Gasteiger partial charge on any atom is 0.310 e. The third kappa shape index (κ3) is 3.34. The van der Waals surface area contributed by atoms with Gasteiger partial charge in [-0.2, -0.15) is 0 Å². The lowest BCUT2D eigenvalue weighted by atomic mass is 9.71. The van der Waals surface area contributed by atoms with Gasteiger partial charge in [-0.1, -0.05) is 25.3 Å². The van der Waals surface area contributed by atoms with Gasteiger partial charge in [0.05, 0.1) is 5.41 Å². The first-order valence-electron chi connectivity index (χ1n) is 6.68. The summed E-state index contributed by atoms with van der Waals surface area (Å²) in [7, 11) is 0. The van der Waals surface area contributed by atoms with Crippen LogP contribution in [-0.4, -0.2) is 35.0 Å². The van der Waals surface area contributed by atoms with Crippen molar-refractivity contribution in [2.45, 2.75) is 45.4 Å². The molecule has 1 amide bonds. The normalized spacial score (nSPS) is 18.1. The van der Waals surface area contributed by atoms with Gasteiger partial charge in [0.2, 0.25) is 5.91 Å². The Morgan fingerprint density at radius 3 is 2.39 bits per heavy atom. The minimum atomic E-state index is -0.829. The Bertz CT molecular complexity index is 319. The summed E-state index contributed by atoms with van der Waals surface area (Å²) >= 11 is 0. The van der Waals surface area contributed by atoms with E-state index in [9.17, 15) is 14.7 Å². The van der Waals surface area contributed by atoms with E-state index in [1.165, 1.54) is 0 Å². The van der Waals surface area contributed by atoms with E-state index in [0.717, 1.165) is 19.3 Å². The molecule has 0 aliphatic heterocycles. The van der Waals surface area contributed by atoms with E-state index in [1.54, 1.807) is 11.0 Å². The SMILES string of the molecule is C=CCN(CC)C(=O)CC1(C(=O)O)CCCCC1. The Kier molecular flexibility index (Phi) is 5.38. The molecule has 0 saturated heterocycles. The highest BCUT2D eigenvalue weighted by atomic mass is 16.4. The summed E-state index contributed by atoms with van der Waals surface area (Å²) in [6.45, 7) is 6.61. The van der Waals surface area contributed by atoms with E-state index in [0.29, 0.717) is 25.9 Å². The zero-order valence-corrected chi connectivity index (χ0v) is 11.2. The fourth-order valence-corrected chi connectivity index (χ4v) is 2.66.